The number of alkyl carbamates (subject to hydrolysis) is 1. The molecule has 1 fully saturated rings. The molecule has 576 valence electrons. The van der Waals surface area contributed by atoms with Crippen molar-refractivity contribution in [2.45, 2.75) is 211 Å². The zero-order chi connectivity index (χ0) is 76.2. The molecule has 1 aromatic heterocycles. The molecule has 26 heteroatoms. The SMILES string of the molecule is CCCCCCCCC(=O)Nc1ccc2c(c1)C1(CCC(=O)N(C)CCOCCOCCOCCN(C)C(=O)[C@@H]3C[C@H](N=[N+]=[N-])CN3C(=O)COc3ccc4c(=O)oc(=O)n(C)c4c3)c3cc(NC(=O)CCCCCCCC)ccc3C2c2ccc(NC(=O)CCCCCCCNC(=O)OC(C)(C)C)cc21. The van der Waals surface area contributed by atoms with Crippen LogP contribution in [0.1, 0.15) is 222 Å². The van der Waals surface area contributed by atoms with Crippen molar-refractivity contribution in [3.05, 3.63) is 138 Å². The monoisotopic (exact) mass is 1470 g/mol. The molecule has 26 nitrogen and oxygen atoms in total. The van der Waals surface area contributed by atoms with Gasteiger partial charge in [-0.2, -0.15) is 0 Å². The van der Waals surface area contributed by atoms with Crippen LogP contribution in [0.15, 0.2) is 91.9 Å². The zero-order valence-corrected chi connectivity index (χ0v) is 63.5. The number of carbonyl (C=O) groups is 7. The molecule has 0 spiro atoms. The van der Waals surface area contributed by atoms with Crippen molar-refractivity contribution in [2.24, 2.45) is 12.2 Å². The number of ether oxygens (including phenoxy) is 5. The van der Waals surface area contributed by atoms with E-state index in [9.17, 15) is 48.7 Å². The van der Waals surface area contributed by atoms with Crippen molar-refractivity contribution in [1.29, 1.82) is 0 Å². The number of fused-ring (bicyclic) bond motifs is 1. The van der Waals surface area contributed by atoms with E-state index in [-0.39, 0.29) is 118 Å². The molecule has 106 heavy (non-hydrogen) atoms. The van der Waals surface area contributed by atoms with Crippen LogP contribution in [0.25, 0.3) is 21.3 Å². The second-order valence-electron chi connectivity index (χ2n) is 29.1. The maximum absolute atomic E-state index is 14.7. The minimum Gasteiger partial charge on any atom is -0.484 e. The zero-order valence-electron chi connectivity index (χ0n) is 63.5. The molecule has 9 rings (SSSR count). The molecule has 2 heterocycles. The standard InChI is InChI=1S/C80H111N11O15/c1-9-11-13-15-18-22-26-69(92)83-55-29-33-60-64(48-55)80(65-49-56(84-70(93)27-23-19-16-14-12-10-2)30-34-61(65)74(60)62-35-31-57(50-66(62)80)85-71(94)28-24-20-17-21-25-39-82-77(99)106-79(3,4)5)38-37-72(95)88(6)40-42-101-44-46-103-47-45-102-43-41-89(7)75(97)68-51-58(86-87-81)53-91(68)73(96)54-104-59-32-36-63-67(52-59)90(8)78(100)105-76(63)98/h29-36,48-50,52,58,68,74H,9-28,37-47,51,53-54H2,1-8H3,(H,82,99)(H,83,92)(H,84,93)(H,85,94)/t58-,68-,74?,80?/m0/s1. The van der Waals surface area contributed by atoms with Crippen molar-refractivity contribution < 1.29 is 61.7 Å². The number of nitrogens with one attached hydrogen (secondary N) is 4. The van der Waals surface area contributed by atoms with Gasteiger partial charge in [-0.1, -0.05) is 121 Å². The first-order valence-corrected chi connectivity index (χ1v) is 38.2. The number of hydrogen-bond donors (Lipinski definition) is 4. The maximum Gasteiger partial charge on any atom is 0.422 e. The number of amides is 7. The first-order chi connectivity index (χ1) is 51.0. The normalized spacial score (nSPS) is 16.1. The largest absolute Gasteiger partial charge is 0.484 e. The van der Waals surface area contributed by atoms with E-state index in [2.05, 4.69) is 81.5 Å². The van der Waals surface area contributed by atoms with Crippen molar-refractivity contribution in [3.8, 4) is 5.75 Å². The Morgan fingerprint density at radius 2 is 1.10 bits per heavy atom. The number of rotatable bonds is 45. The first-order valence-electron chi connectivity index (χ1n) is 38.2. The van der Waals surface area contributed by atoms with Crippen LogP contribution in [0, 0.1) is 0 Å². The fourth-order valence-corrected chi connectivity index (χ4v) is 14.3. The van der Waals surface area contributed by atoms with Crippen LogP contribution >= 0.6 is 0 Å². The van der Waals surface area contributed by atoms with Crippen LogP contribution in [0.2, 0.25) is 0 Å². The van der Waals surface area contributed by atoms with Gasteiger partial charge >= 0.3 is 17.5 Å². The van der Waals surface area contributed by atoms with Crippen molar-refractivity contribution in [2.75, 3.05) is 102 Å². The summed E-state index contributed by atoms with van der Waals surface area (Å²) in [5.74, 6) is -2.13. The van der Waals surface area contributed by atoms with Gasteiger partial charge in [0, 0.05) is 112 Å². The van der Waals surface area contributed by atoms with Crippen LogP contribution < -0.4 is 37.4 Å². The summed E-state index contributed by atoms with van der Waals surface area (Å²) in [4.78, 5) is 127. The maximum atomic E-state index is 14.7. The number of likely N-dealkylation sites (tertiary alicyclic amines) is 1. The summed E-state index contributed by atoms with van der Waals surface area (Å²) in [6, 6.07) is 21.2. The Bertz CT molecular complexity index is 3910. The molecule has 0 saturated carbocycles. The second-order valence-corrected chi connectivity index (χ2v) is 29.1. The third kappa shape index (κ3) is 23.4. The molecule has 0 unspecified atom stereocenters. The Balaban J connectivity index is 0.874. The van der Waals surface area contributed by atoms with Gasteiger partial charge in [0.15, 0.2) is 6.61 Å². The van der Waals surface area contributed by atoms with Gasteiger partial charge in [0.05, 0.1) is 56.6 Å². The first kappa shape index (κ1) is 82.6. The highest BCUT2D eigenvalue weighted by Crippen LogP contribution is 2.62. The molecule has 2 bridgehead atoms. The molecule has 4 aromatic carbocycles. The molecule has 4 N–H and O–H groups in total. The summed E-state index contributed by atoms with van der Waals surface area (Å²) in [5.41, 5.74) is 15.0. The molecule has 0 radical (unpaired) electrons. The lowest BCUT2D eigenvalue weighted by Gasteiger charge is -2.51. The third-order valence-electron chi connectivity index (χ3n) is 20.0. The van der Waals surface area contributed by atoms with Gasteiger partial charge in [0.1, 0.15) is 17.4 Å². The van der Waals surface area contributed by atoms with Crippen molar-refractivity contribution in [1.82, 2.24) is 24.6 Å². The highest BCUT2D eigenvalue weighted by molar-refractivity contribution is 5.94. The Kier molecular flexibility index (Phi) is 32.0. The number of unbranched alkanes of at least 4 members (excludes halogenated alkanes) is 14. The average molecular weight is 1470 g/mol. The van der Waals surface area contributed by atoms with Gasteiger partial charge in [-0.15, -0.1) is 0 Å². The van der Waals surface area contributed by atoms with E-state index in [1.54, 1.807) is 19.0 Å². The van der Waals surface area contributed by atoms with Crippen molar-refractivity contribution in [3.63, 3.8) is 0 Å². The smallest absolute Gasteiger partial charge is 0.422 e. The van der Waals surface area contributed by atoms with E-state index in [1.807, 2.05) is 39.0 Å². The Labute approximate surface area is 622 Å². The number of anilines is 3. The summed E-state index contributed by atoms with van der Waals surface area (Å²) in [6.45, 7) is 11.8. The number of aryl methyl sites for hydroxylation is 1. The Morgan fingerprint density at radius 3 is 1.60 bits per heavy atom. The summed E-state index contributed by atoms with van der Waals surface area (Å²) in [6.07, 6.45) is 18.0. The molecular formula is C80H111N11O15. The van der Waals surface area contributed by atoms with Gasteiger partial charge in [-0.25, -0.2) is 14.4 Å². The Hall–Kier alpha value is -9.10. The molecule has 5 aromatic rings. The minimum absolute atomic E-state index is 0.00522. The molecule has 1 saturated heterocycles. The number of hydrogen-bond acceptors (Lipinski definition) is 16. The van der Waals surface area contributed by atoms with Crippen LogP contribution in [-0.2, 0) is 60.2 Å². The topological polar surface area (TPSA) is 324 Å². The number of likely N-dealkylation sites (N-methyl/N-ethyl adjacent to an activating group) is 2. The molecule has 2 atom stereocenters. The van der Waals surface area contributed by atoms with Crippen LogP contribution in [-0.4, -0.2) is 165 Å². The Morgan fingerprint density at radius 1 is 0.623 bits per heavy atom. The number of aromatic nitrogens is 1. The number of nitrogens with zero attached hydrogens (tertiary/aromatic N) is 7. The number of benzene rings is 4. The van der Waals surface area contributed by atoms with Gasteiger partial charge in [-0.05, 0) is 147 Å². The van der Waals surface area contributed by atoms with Crippen LogP contribution in [0.5, 0.6) is 5.75 Å². The van der Waals surface area contributed by atoms with Crippen LogP contribution in [0.4, 0.5) is 21.9 Å². The van der Waals surface area contributed by atoms with Gasteiger partial charge in [-0.3, -0.25) is 33.3 Å². The van der Waals surface area contributed by atoms with Crippen LogP contribution in [0.3, 0.4) is 0 Å². The summed E-state index contributed by atoms with van der Waals surface area (Å²) >= 11 is 0. The fraction of sp³-hybridized carbons (Fsp3) is 0.588. The average Bonchev–Trinajstić information content (AvgIpc) is 0.741. The van der Waals surface area contributed by atoms with E-state index < -0.39 is 53.1 Å². The van der Waals surface area contributed by atoms with Gasteiger partial charge in [0.25, 0.3) is 5.91 Å². The molecule has 3 aliphatic carbocycles. The lowest BCUT2D eigenvalue weighted by atomic mass is 9.51. The van der Waals surface area contributed by atoms with Crippen molar-refractivity contribution >= 4 is 69.5 Å². The van der Waals surface area contributed by atoms with E-state index in [4.69, 9.17) is 28.1 Å². The fourth-order valence-electron chi connectivity index (χ4n) is 14.3. The van der Waals surface area contributed by atoms with Gasteiger partial charge < -0.3 is 64.1 Å². The molecule has 1 aliphatic heterocycles. The van der Waals surface area contributed by atoms with E-state index >= 15 is 0 Å². The summed E-state index contributed by atoms with van der Waals surface area (Å²) in [5, 5.41) is 16.4. The summed E-state index contributed by atoms with van der Waals surface area (Å²) in [7, 11) is 4.78. The molecular weight excluding hydrogens is 1350 g/mol. The highest BCUT2D eigenvalue weighted by Gasteiger charge is 2.52. The van der Waals surface area contributed by atoms with E-state index in [1.165, 1.54) is 47.9 Å². The lowest BCUT2D eigenvalue weighted by molar-refractivity contribution is -0.144. The quantitative estimate of drug-likeness (QED) is 0.0122. The third-order valence-corrected chi connectivity index (χ3v) is 20.0. The summed E-state index contributed by atoms with van der Waals surface area (Å²) < 4.78 is 34.5. The minimum atomic E-state index is -0.984. The predicted octanol–water partition coefficient (Wildman–Crippen LogP) is 12.9. The van der Waals surface area contributed by atoms with E-state index in [0.717, 1.165) is 128 Å². The lowest BCUT2D eigenvalue weighted by Crippen LogP contribution is -2.48. The number of carbonyl (C=O) groups excluding carboxylic acids is 7. The molecule has 7 amide bonds. The second kappa shape index (κ2) is 41.1. The number of azide groups is 1. The van der Waals surface area contributed by atoms with E-state index in [0.29, 0.717) is 62.3 Å². The predicted molar refractivity (Wildman–Crippen MR) is 407 cm³/mol. The molecule has 4 aliphatic rings. The highest BCUT2D eigenvalue weighted by atomic mass is 16.6. The van der Waals surface area contributed by atoms with Gasteiger partial charge in [0.2, 0.25) is 29.5 Å².